The number of thioether (sulfide) groups is 1. The molecule has 0 atom stereocenters. The number of ether oxygens (including phenoxy) is 1. The van der Waals surface area contributed by atoms with Gasteiger partial charge in [0.05, 0.1) is 18.4 Å². The van der Waals surface area contributed by atoms with E-state index in [1.807, 2.05) is 25.1 Å². The van der Waals surface area contributed by atoms with Gasteiger partial charge in [0.2, 0.25) is 0 Å². The Morgan fingerprint density at radius 2 is 2.00 bits per heavy atom. The van der Waals surface area contributed by atoms with Gasteiger partial charge in [0.1, 0.15) is 11.6 Å². The Labute approximate surface area is 128 Å². The summed E-state index contributed by atoms with van der Waals surface area (Å²) in [5.74, 6) is 0.926. The van der Waals surface area contributed by atoms with Gasteiger partial charge in [-0.25, -0.2) is 4.39 Å². The number of aryl methyl sites for hydroxylation is 1. The van der Waals surface area contributed by atoms with Crippen LogP contribution in [0.1, 0.15) is 21.5 Å². The van der Waals surface area contributed by atoms with Crippen LogP contribution >= 0.6 is 11.8 Å². The highest BCUT2D eigenvalue weighted by Crippen LogP contribution is 2.23. The molecule has 0 amide bonds. The lowest BCUT2D eigenvalue weighted by Gasteiger charge is -2.08. The summed E-state index contributed by atoms with van der Waals surface area (Å²) in [7, 11) is 1.48. The average Bonchev–Trinajstić information content (AvgIpc) is 2.49. The zero-order chi connectivity index (χ0) is 15.2. The van der Waals surface area contributed by atoms with Crippen LogP contribution in [0, 0.1) is 12.7 Å². The van der Waals surface area contributed by atoms with E-state index in [1.54, 1.807) is 0 Å². The smallest absolute Gasteiger partial charge is 0.176 e. The van der Waals surface area contributed by atoms with Crippen molar-refractivity contribution in [3.63, 3.8) is 0 Å². The molecule has 0 N–H and O–H groups in total. The van der Waals surface area contributed by atoms with Gasteiger partial charge in [0.25, 0.3) is 0 Å². The van der Waals surface area contributed by atoms with Gasteiger partial charge in [-0.05, 0) is 36.2 Å². The van der Waals surface area contributed by atoms with Gasteiger partial charge in [-0.1, -0.05) is 24.3 Å². The maximum atomic E-state index is 13.3. The lowest BCUT2D eigenvalue weighted by Crippen LogP contribution is -2.06. The Hall–Kier alpha value is -1.81. The number of carbonyl (C=O) groups is 1. The Balaban J connectivity index is 1.99. The van der Waals surface area contributed by atoms with Crippen molar-refractivity contribution in [3.8, 4) is 5.75 Å². The number of methoxy groups -OCH3 is 1. The lowest BCUT2D eigenvalue weighted by molar-refractivity contribution is 0.101. The summed E-state index contributed by atoms with van der Waals surface area (Å²) in [6.45, 7) is 2.05. The van der Waals surface area contributed by atoms with Crippen molar-refractivity contribution in [2.75, 3.05) is 12.9 Å². The van der Waals surface area contributed by atoms with Gasteiger partial charge in [-0.2, -0.15) is 0 Å². The molecule has 0 unspecified atom stereocenters. The zero-order valence-corrected chi connectivity index (χ0v) is 12.9. The second-order valence-corrected chi connectivity index (χ2v) is 5.67. The minimum absolute atomic E-state index is 0.120. The predicted molar refractivity (Wildman–Crippen MR) is 84.6 cm³/mol. The van der Waals surface area contributed by atoms with E-state index in [9.17, 15) is 9.18 Å². The van der Waals surface area contributed by atoms with Gasteiger partial charge < -0.3 is 4.74 Å². The molecule has 110 valence electrons. The van der Waals surface area contributed by atoms with Crippen molar-refractivity contribution in [1.82, 2.24) is 0 Å². The van der Waals surface area contributed by atoms with Crippen LogP contribution < -0.4 is 4.74 Å². The number of Topliss-reactive ketones (excluding diaryl/α,β-unsaturated/α-hetero) is 1. The third-order valence-electron chi connectivity index (χ3n) is 3.21. The normalized spacial score (nSPS) is 10.4. The van der Waals surface area contributed by atoms with Crippen molar-refractivity contribution in [3.05, 3.63) is 65.0 Å². The molecule has 0 saturated carbocycles. The van der Waals surface area contributed by atoms with E-state index >= 15 is 0 Å². The van der Waals surface area contributed by atoms with Crippen molar-refractivity contribution >= 4 is 17.5 Å². The van der Waals surface area contributed by atoms with Crippen LogP contribution in [-0.2, 0) is 5.75 Å². The first kappa shape index (κ1) is 15.6. The highest BCUT2D eigenvalue weighted by molar-refractivity contribution is 7.99. The molecule has 2 nitrogen and oxygen atoms in total. The maximum Gasteiger partial charge on any atom is 0.176 e. The second kappa shape index (κ2) is 7.27. The van der Waals surface area contributed by atoms with Crippen LogP contribution in [0.3, 0.4) is 0 Å². The average molecular weight is 304 g/mol. The number of ketones is 1. The van der Waals surface area contributed by atoms with Gasteiger partial charge in [-0.3, -0.25) is 4.79 Å². The summed E-state index contributed by atoms with van der Waals surface area (Å²) in [5, 5.41) is 0. The van der Waals surface area contributed by atoms with E-state index in [4.69, 9.17) is 4.74 Å². The van der Waals surface area contributed by atoms with E-state index in [0.29, 0.717) is 17.1 Å². The summed E-state index contributed by atoms with van der Waals surface area (Å²) >= 11 is 1.52. The first-order valence-corrected chi connectivity index (χ1v) is 7.76. The summed E-state index contributed by atoms with van der Waals surface area (Å²) in [6, 6.07) is 12.1. The van der Waals surface area contributed by atoms with Crippen LogP contribution in [-0.4, -0.2) is 18.6 Å². The van der Waals surface area contributed by atoms with Gasteiger partial charge in [0, 0.05) is 5.75 Å². The molecule has 2 aromatic carbocycles. The fraction of sp³-hybridized carbons (Fsp3) is 0.235. The lowest BCUT2D eigenvalue weighted by atomic mass is 10.1. The molecule has 2 rings (SSSR count). The van der Waals surface area contributed by atoms with Crippen molar-refractivity contribution in [2.24, 2.45) is 0 Å². The van der Waals surface area contributed by atoms with Crippen LogP contribution in [0.25, 0.3) is 0 Å². The molecule has 0 bridgehead atoms. The molecule has 0 aliphatic carbocycles. The summed E-state index contributed by atoms with van der Waals surface area (Å²) in [5.41, 5.74) is 2.72. The Kier molecular flexibility index (Phi) is 5.39. The number of rotatable bonds is 6. The summed E-state index contributed by atoms with van der Waals surface area (Å²) < 4.78 is 18.4. The largest absolute Gasteiger partial charge is 0.496 e. The monoisotopic (exact) mass is 304 g/mol. The van der Waals surface area contributed by atoms with Crippen molar-refractivity contribution in [2.45, 2.75) is 12.7 Å². The number of hydrogen-bond donors (Lipinski definition) is 0. The first-order valence-electron chi connectivity index (χ1n) is 6.61. The van der Waals surface area contributed by atoms with E-state index in [1.165, 1.54) is 48.2 Å². The fourth-order valence-corrected chi connectivity index (χ4v) is 2.99. The molecule has 0 heterocycles. The fourth-order valence-electron chi connectivity index (χ4n) is 2.00. The maximum absolute atomic E-state index is 13.3. The Morgan fingerprint density at radius 3 is 2.71 bits per heavy atom. The minimum atomic E-state index is -0.428. The van der Waals surface area contributed by atoms with E-state index in [0.717, 1.165) is 5.75 Å². The number of benzene rings is 2. The number of halogens is 1. The Bertz CT molecular complexity index is 640. The molecule has 2 aromatic rings. The third-order valence-corrected chi connectivity index (χ3v) is 4.20. The topological polar surface area (TPSA) is 26.3 Å². The Morgan fingerprint density at radius 1 is 1.24 bits per heavy atom. The van der Waals surface area contributed by atoms with E-state index in [2.05, 4.69) is 6.07 Å². The summed E-state index contributed by atoms with van der Waals surface area (Å²) in [4.78, 5) is 12.2. The molecule has 0 spiro atoms. The second-order valence-electron chi connectivity index (χ2n) is 4.69. The third kappa shape index (κ3) is 4.08. The number of carbonyl (C=O) groups excluding carboxylic acids is 1. The minimum Gasteiger partial charge on any atom is -0.496 e. The van der Waals surface area contributed by atoms with Gasteiger partial charge in [0.15, 0.2) is 5.78 Å². The molecule has 0 fully saturated rings. The molecule has 21 heavy (non-hydrogen) atoms. The molecule has 0 radical (unpaired) electrons. The molecule has 0 aliphatic heterocycles. The summed E-state index contributed by atoms with van der Waals surface area (Å²) in [6.07, 6.45) is 0. The molecular weight excluding hydrogens is 287 g/mol. The van der Waals surface area contributed by atoms with E-state index in [-0.39, 0.29) is 5.78 Å². The highest BCUT2D eigenvalue weighted by atomic mass is 32.2. The molecular formula is C17H17FO2S. The van der Waals surface area contributed by atoms with Gasteiger partial charge >= 0.3 is 0 Å². The van der Waals surface area contributed by atoms with E-state index < -0.39 is 5.82 Å². The standard InChI is InChI=1S/C17H17FO2S/c1-12-5-3-4-6-13(12)10-21-11-16(19)15-9-14(18)7-8-17(15)20-2/h3-9H,10-11H2,1-2H3. The molecule has 4 heteroatoms. The van der Waals surface area contributed by atoms with Crippen molar-refractivity contribution in [1.29, 1.82) is 0 Å². The van der Waals surface area contributed by atoms with Crippen LogP contribution in [0.5, 0.6) is 5.75 Å². The van der Waals surface area contributed by atoms with Crippen LogP contribution in [0.2, 0.25) is 0 Å². The predicted octanol–water partition coefficient (Wildman–Crippen LogP) is 4.26. The van der Waals surface area contributed by atoms with Gasteiger partial charge in [-0.15, -0.1) is 11.8 Å². The highest BCUT2D eigenvalue weighted by Gasteiger charge is 2.13. The van der Waals surface area contributed by atoms with Crippen molar-refractivity contribution < 1.29 is 13.9 Å². The molecule has 0 aliphatic rings. The SMILES string of the molecule is COc1ccc(F)cc1C(=O)CSCc1ccccc1C. The number of hydrogen-bond acceptors (Lipinski definition) is 3. The van der Waals surface area contributed by atoms with Crippen LogP contribution in [0.15, 0.2) is 42.5 Å². The zero-order valence-electron chi connectivity index (χ0n) is 12.1. The quantitative estimate of drug-likeness (QED) is 0.746. The molecule has 0 aromatic heterocycles. The first-order chi connectivity index (χ1) is 10.1. The van der Waals surface area contributed by atoms with Crippen LogP contribution in [0.4, 0.5) is 4.39 Å². The molecule has 0 saturated heterocycles.